The highest BCUT2D eigenvalue weighted by Crippen LogP contribution is 2.18. The van der Waals surface area contributed by atoms with Crippen LogP contribution < -0.4 is 20.7 Å². The molecule has 1 saturated heterocycles. The molecule has 0 radical (unpaired) electrons. The Morgan fingerprint density at radius 3 is 2.50 bits per heavy atom. The normalized spacial score (nSPS) is 17.3. The molecule has 9 heteroatoms. The second-order valence-corrected chi connectivity index (χ2v) is 8.79. The molecule has 1 aromatic rings. The van der Waals surface area contributed by atoms with Gasteiger partial charge < -0.3 is 25.4 Å². The Labute approximate surface area is 208 Å². The summed E-state index contributed by atoms with van der Waals surface area (Å²) >= 11 is 0. The largest absolute Gasteiger partial charge is 0.484 e. The van der Waals surface area contributed by atoms with E-state index in [-0.39, 0.29) is 42.0 Å². The molecule has 180 valence electrons. The summed E-state index contributed by atoms with van der Waals surface area (Å²) in [5.41, 5.74) is 1.23. The van der Waals surface area contributed by atoms with Crippen LogP contribution in [0.1, 0.15) is 32.3 Å². The minimum Gasteiger partial charge on any atom is -0.484 e. The van der Waals surface area contributed by atoms with Crippen LogP contribution in [-0.4, -0.2) is 81.4 Å². The number of aliphatic imine (C=N–C) groups is 1. The monoisotopic (exact) mass is 559 g/mol. The molecule has 3 N–H and O–H groups in total. The molecule has 8 nitrogen and oxygen atoms in total. The first-order valence-electron chi connectivity index (χ1n) is 11.2. The van der Waals surface area contributed by atoms with Gasteiger partial charge in [-0.2, -0.15) is 0 Å². The Balaban J connectivity index is 0.00000363. The highest BCUT2D eigenvalue weighted by molar-refractivity contribution is 14.0. The average Bonchev–Trinajstić information content (AvgIpc) is 3.60. The number of halogens is 1. The fourth-order valence-corrected chi connectivity index (χ4v) is 3.52. The predicted molar refractivity (Wildman–Crippen MR) is 138 cm³/mol. The van der Waals surface area contributed by atoms with E-state index in [1.54, 1.807) is 7.05 Å². The van der Waals surface area contributed by atoms with Crippen LogP contribution in [-0.2, 0) is 16.0 Å². The number of hydrogen-bond acceptors (Lipinski definition) is 5. The van der Waals surface area contributed by atoms with E-state index in [1.165, 1.54) is 5.56 Å². The number of amides is 1. The minimum atomic E-state index is -0.0496. The van der Waals surface area contributed by atoms with Gasteiger partial charge in [-0.25, -0.2) is 0 Å². The van der Waals surface area contributed by atoms with Gasteiger partial charge in [0.15, 0.2) is 12.6 Å². The molecular formula is C23H38IN5O3. The molecule has 1 aliphatic heterocycles. The van der Waals surface area contributed by atoms with Crippen LogP contribution in [0, 0.1) is 0 Å². The van der Waals surface area contributed by atoms with Crippen molar-refractivity contribution in [3.8, 4) is 5.75 Å². The lowest BCUT2D eigenvalue weighted by Crippen LogP contribution is -2.56. The van der Waals surface area contributed by atoms with E-state index < -0.39 is 0 Å². The summed E-state index contributed by atoms with van der Waals surface area (Å²) in [6, 6.07) is 8.26. The number of nitrogens with zero attached hydrogens (tertiary/aromatic N) is 2. The van der Waals surface area contributed by atoms with Gasteiger partial charge in [0.1, 0.15) is 5.75 Å². The third-order valence-electron chi connectivity index (χ3n) is 5.72. The molecule has 0 atom stereocenters. The van der Waals surface area contributed by atoms with Gasteiger partial charge >= 0.3 is 0 Å². The molecule has 3 rings (SSSR count). The standard InChI is InChI=1S/C23H37N5O3.HI/c1-23(2,28-12-14-30-15-13-28)17-26-22(24-3)25-11-10-18-4-8-20(9-5-18)31-16-21(29)27-19-6-7-19;/h4-5,8-9,19H,6-7,10-17H2,1-3H3,(H,27,29)(H2,24,25,26);1H. The molecular weight excluding hydrogens is 521 g/mol. The van der Waals surface area contributed by atoms with Crippen molar-refractivity contribution >= 4 is 35.8 Å². The number of guanidine groups is 1. The van der Waals surface area contributed by atoms with Crippen LogP contribution in [0.4, 0.5) is 0 Å². The van der Waals surface area contributed by atoms with E-state index in [2.05, 4.69) is 39.7 Å². The van der Waals surface area contributed by atoms with Crippen LogP contribution >= 0.6 is 24.0 Å². The Kier molecular flexibility index (Phi) is 11.0. The van der Waals surface area contributed by atoms with E-state index in [0.29, 0.717) is 11.8 Å². The minimum absolute atomic E-state index is 0. The fraction of sp³-hybridized carbons (Fsp3) is 0.652. The van der Waals surface area contributed by atoms with Crippen molar-refractivity contribution < 1.29 is 14.3 Å². The van der Waals surface area contributed by atoms with E-state index in [4.69, 9.17) is 9.47 Å². The summed E-state index contributed by atoms with van der Waals surface area (Å²) in [7, 11) is 1.79. The van der Waals surface area contributed by atoms with Gasteiger partial charge in [-0.15, -0.1) is 24.0 Å². The molecule has 0 aromatic heterocycles. The maximum atomic E-state index is 11.7. The summed E-state index contributed by atoms with van der Waals surface area (Å²) < 4.78 is 11.0. The van der Waals surface area contributed by atoms with Crippen molar-refractivity contribution in [2.75, 3.05) is 53.0 Å². The molecule has 1 amide bonds. The van der Waals surface area contributed by atoms with Crippen LogP contribution in [0.3, 0.4) is 0 Å². The van der Waals surface area contributed by atoms with Gasteiger partial charge in [-0.3, -0.25) is 14.7 Å². The first-order valence-corrected chi connectivity index (χ1v) is 11.2. The van der Waals surface area contributed by atoms with Crippen molar-refractivity contribution in [1.29, 1.82) is 0 Å². The Bertz CT molecular complexity index is 732. The maximum Gasteiger partial charge on any atom is 0.258 e. The number of benzene rings is 1. The smallest absolute Gasteiger partial charge is 0.258 e. The number of hydrogen-bond donors (Lipinski definition) is 3. The molecule has 1 aromatic carbocycles. The first kappa shape index (κ1) is 26.7. The summed E-state index contributed by atoms with van der Waals surface area (Å²) in [4.78, 5) is 18.5. The highest BCUT2D eigenvalue weighted by atomic mass is 127. The number of ether oxygens (including phenoxy) is 2. The lowest BCUT2D eigenvalue weighted by atomic mass is 10.0. The van der Waals surface area contributed by atoms with E-state index in [0.717, 1.165) is 64.6 Å². The van der Waals surface area contributed by atoms with Crippen LogP contribution in [0.15, 0.2) is 29.3 Å². The number of morpholine rings is 1. The van der Waals surface area contributed by atoms with Crippen LogP contribution in [0.2, 0.25) is 0 Å². The average molecular weight is 559 g/mol. The van der Waals surface area contributed by atoms with E-state index >= 15 is 0 Å². The highest BCUT2D eigenvalue weighted by Gasteiger charge is 2.28. The second kappa shape index (κ2) is 13.2. The molecule has 0 spiro atoms. The Morgan fingerprint density at radius 1 is 1.19 bits per heavy atom. The number of carbonyl (C=O) groups excluding carboxylic acids is 1. The lowest BCUT2D eigenvalue weighted by Gasteiger charge is -2.41. The quantitative estimate of drug-likeness (QED) is 0.230. The van der Waals surface area contributed by atoms with Gasteiger partial charge in [0, 0.05) is 44.8 Å². The molecule has 0 bridgehead atoms. The van der Waals surface area contributed by atoms with Crippen molar-refractivity contribution in [3.63, 3.8) is 0 Å². The zero-order chi connectivity index (χ0) is 22.1. The van der Waals surface area contributed by atoms with Crippen LogP contribution in [0.25, 0.3) is 0 Å². The molecule has 0 unspecified atom stereocenters. The Morgan fingerprint density at radius 2 is 1.88 bits per heavy atom. The Hall–Kier alpha value is -1.59. The lowest BCUT2D eigenvalue weighted by molar-refractivity contribution is -0.123. The SMILES string of the molecule is CN=C(NCCc1ccc(OCC(=O)NC2CC2)cc1)NCC(C)(C)N1CCOCC1.I. The first-order chi connectivity index (χ1) is 15.0. The zero-order valence-electron chi connectivity index (χ0n) is 19.5. The number of rotatable bonds is 10. The second-order valence-electron chi connectivity index (χ2n) is 8.79. The summed E-state index contributed by atoms with van der Waals surface area (Å²) in [5, 5.41) is 9.75. The van der Waals surface area contributed by atoms with Crippen molar-refractivity contribution in [2.45, 2.75) is 44.7 Å². The fourth-order valence-electron chi connectivity index (χ4n) is 3.52. The topological polar surface area (TPSA) is 87.2 Å². The maximum absolute atomic E-state index is 11.7. The van der Waals surface area contributed by atoms with Gasteiger partial charge in [-0.05, 0) is 50.8 Å². The molecule has 2 aliphatic rings. The van der Waals surface area contributed by atoms with Gasteiger partial charge in [0.2, 0.25) is 0 Å². The number of carbonyl (C=O) groups is 1. The molecule has 1 heterocycles. The molecule has 32 heavy (non-hydrogen) atoms. The number of nitrogens with one attached hydrogen (secondary N) is 3. The van der Waals surface area contributed by atoms with Crippen molar-refractivity contribution in [2.24, 2.45) is 4.99 Å². The van der Waals surface area contributed by atoms with Gasteiger partial charge in [0.05, 0.1) is 13.2 Å². The van der Waals surface area contributed by atoms with E-state index in [9.17, 15) is 4.79 Å². The van der Waals surface area contributed by atoms with Crippen molar-refractivity contribution in [3.05, 3.63) is 29.8 Å². The van der Waals surface area contributed by atoms with Gasteiger partial charge in [0.25, 0.3) is 5.91 Å². The summed E-state index contributed by atoms with van der Waals surface area (Å²) in [6.45, 7) is 9.68. The van der Waals surface area contributed by atoms with Crippen LogP contribution in [0.5, 0.6) is 5.75 Å². The third kappa shape index (κ3) is 9.11. The molecule has 1 aliphatic carbocycles. The zero-order valence-corrected chi connectivity index (χ0v) is 21.8. The summed E-state index contributed by atoms with van der Waals surface area (Å²) in [6.07, 6.45) is 3.04. The molecule has 2 fully saturated rings. The van der Waals surface area contributed by atoms with E-state index in [1.807, 2.05) is 24.3 Å². The van der Waals surface area contributed by atoms with Crippen molar-refractivity contribution in [1.82, 2.24) is 20.9 Å². The van der Waals surface area contributed by atoms with Gasteiger partial charge in [-0.1, -0.05) is 12.1 Å². The molecule has 1 saturated carbocycles. The summed E-state index contributed by atoms with van der Waals surface area (Å²) in [5.74, 6) is 1.47. The predicted octanol–water partition coefficient (Wildman–Crippen LogP) is 1.78. The third-order valence-corrected chi connectivity index (χ3v) is 5.72.